The molecule has 0 spiro atoms. The number of hydrogen-bond acceptors (Lipinski definition) is 4. The third-order valence-corrected chi connectivity index (χ3v) is 4.82. The van der Waals surface area contributed by atoms with Crippen molar-refractivity contribution in [2.45, 2.75) is 38.3 Å². The van der Waals surface area contributed by atoms with Gasteiger partial charge in [-0.3, -0.25) is 0 Å². The summed E-state index contributed by atoms with van der Waals surface area (Å²) in [4.78, 5) is 0. The highest BCUT2D eigenvalue weighted by atomic mass is 35.5. The van der Waals surface area contributed by atoms with Crippen LogP contribution >= 0.6 is 22.9 Å². The normalized spacial score (nSPS) is 16.4. The molecule has 3 rings (SSSR count). The van der Waals surface area contributed by atoms with Crippen LogP contribution in [0.4, 0.5) is 4.39 Å². The van der Waals surface area contributed by atoms with E-state index in [-0.39, 0.29) is 11.9 Å². The monoisotopic (exact) mass is 311 g/mol. The zero-order chi connectivity index (χ0) is 14.1. The molecule has 1 aromatic heterocycles. The Morgan fingerprint density at radius 3 is 2.95 bits per heavy atom. The van der Waals surface area contributed by atoms with Crippen molar-refractivity contribution in [3.05, 3.63) is 44.6 Å². The van der Waals surface area contributed by atoms with E-state index in [0.717, 1.165) is 10.0 Å². The van der Waals surface area contributed by atoms with Gasteiger partial charge in [-0.1, -0.05) is 29.0 Å². The van der Waals surface area contributed by atoms with Gasteiger partial charge in [-0.25, -0.2) is 4.39 Å². The Bertz CT molecular complexity index is 592. The Morgan fingerprint density at radius 2 is 2.25 bits per heavy atom. The second-order valence-electron chi connectivity index (χ2n) is 5.05. The maximum Gasteiger partial charge on any atom is 0.131 e. The summed E-state index contributed by atoms with van der Waals surface area (Å²) in [6.07, 6.45) is 2.45. The minimum Gasteiger partial charge on any atom is -0.304 e. The summed E-state index contributed by atoms with van der Waals surface area (Å²) in [6.45, 7) is 2.48. The van der Waals surface area contributed by atoms with Gasteiger partial charge in [0.25, 0.3) is 0 Å². The van der Waals surface area contributed by atoms with Crippen LogP contribution in [0.25, 0.3) is 0 Å². The van der Waals surface area contributed by atoms with E-state index in [1.54, 1.807) is 23.5 Å². The van der Waals surface area contributed by atoms with E-state index in [4.69, 9.17) is 11.6 Å². The third kappa shape index (κ3) is 3.00. The van der Waals surface area contributed by atoms with Crippen LogP contribution in [0.15, 0.2) is 18.2 Å². The first-order valence-corrected chi connectivity index (χ1v) is 7.84. The van der Waals surface area contributed by atoms with E-state index < -0.39 is 0 Å². The summed E-state index contributed by atoms with van der Waals surface area (Å²) in [5.41, 5.74) is 0.501. The van der Waals surface area contributed by atoms with E-state index >= 15 is 0 Å². The van der Waals surface area contributed by atoms with Crippen LogP contribution in [0.5, 0.6) is 0 Å². The predicted octanol–water partition coefficient (Wildman–Crippen LogP) is 4.06. The maximum atomic E-state index is 13.8. The van der Waals surface area contributed by atoms with E-state index in [9.17, 15) is 4.39 Å². The van der Waals surface area contributed by atoms with Gasteiger partial charge in [0.1, 0.15) is 15.8 Å². The molecule has 1 saturated carbocycles. The van der Waals surface area contributed by atoms with Crippen molar-refractivity contribution in [1.29, 1.82) is 0 Å². The van der Waals surface area contributed by atoms with Gasteiger partial charge in [0.2, 0.25) is 0 Å². The van der Waals surface area contributed by atoms with Crippen LogP contribution in [0, 0.1) is 5.82 Å². The first kappa shape index (κ1) is 13.9. The number of rotatable bonds is 5. The zero-order valence-corrected chi connectivity index (χ0v) is 12.6. The van der Waals surface area contributed by atoms with Crippen LogP contribution in [0.3, 0.4) is 0 Å². The molecule has 1 N–H and O–H groups in total. The second-order valence-corrected chi connectivity index (χ2v) is 6.55. The fourth-order valence-corrected chi connectivity index (χ4v) is 3.39. The average molecular weight is 312 g/mol. The molecule has 1 unspecified atom stereocenters. The van der Waals surface area contributed by atoms with Crippen molar-refractivity contribution in [2.24, 2.45) is 0 Å². The van der Waals surface area contributed by atoms with Crippen LogP contribution in [0.2, 0.25) is 5.02 Å². The SMILES string of the molecule is CC(NCc1nnc(C2CC2)s1)c1c(F)cccc1Cl. The molecule has 106 valence electrons. The Morgan fingerprint density at radius 1 is 1.45 bits per heavy atom. The van der Waals surface area contributed by atoms with Crippen molar-refractivity contribution in [2.75, 3.05) is 0 Å². The number of nitrogens with one attached hydrogen (secondary N) is 1. The molecular formula is C14H15ClFN3S. The third-order valence-electron chi connectivity index (χ3n) is 3.40. The molecule has 1 aliphatic rings. The highest BCUT2D eigenvalue weighted by molar-refractivity contribution is 7.11. The van der Waals surface area contributed by atoms with Gasteiger partial charge in [-0.15, -0.1) is 10.2 Å². The van der Waals surface area contributed by atoms with Crippen LogP contribution < -0.4 is 5.32 Å². The molecule has 3 nitrogen and oxygen atoms in total. The van der Waals surface area contributed by atoms with Crippen LogP contribution in [-0.4, -0.2) is 10.2 Å². The standard InChI is InChI=1S/C14H15ClFN3S/c1-8(13-10(15)3-2-4-11(13)16)17-7-12-18-19-14(20-12)9-5-6-9/h2-4,8-9,17H,5-7H2,1H3. The molecule has 1 atom stereocenters. The molecule has 20 heavy (non-hydrogen) atoms. The number of aromatic nitrogens is 2. The lowest BCUT2D eigenvalue weighted by molar-refractivity contribution is 0.526. The number of hydrogen-bond donors (Lipinski definition) is 1. The van der Waals surface area contributed by atoms with E-state index in [1.165, 1.54) is 18.9 Å². The Hall–Kier alpha value is -1.04. The quantitative estimate of drug-likeness (QED) is 0.905. The largest absolute Gasteiger partial charge is 0.304 e. The minimum atomic E-state index is -0.284. The predicted molar refractivity (Wildman–Crippen MR) is 78.5 cm³/mol. The highest BCUT2D eigenvalue weighted by Crippen LogP contribution is 2.41. The van der Waals surface area contributed by atoms with Crippen molar-refractivity contribution in [1.82, 2.24) is 15.5 Å². The molecule has 0 saturated heterocycles. The molecule has 1 aliphatic carbocycles. The molecule has 2 aromatic rings. The van der Waals surface area contributed by atoms with Crippen LogP contribution in [-0.2, 0) is 6.54 Å². The average Bonchev–Trinajstić information content (AvgIpc) is 3.16. The summed E-state index contributed by atoms with van der Waals surface area (Å²) in [7, 11) is 0. The Balaban J connectivity index is 1.64. The summed E-state index contributed by atoms with van der Waals surface area (Å²) in [6, 6.07) is 4.57. The molecule has 0 radical (unpaired) electrons. The fraction of sp³-hybridized carbons (Fsp3) is 0.429. The lowest BCUT2D eigenvalue weighted by atomic mass is 10.1. The summed E-state index contributed by atoms with van der Waals surface area (Å²) in [5.74, 6) is 0.341. The first-order valence-electron chi connectivity index (χ1n) is 6.64. The molecule has 1 fully saturated rings. The van der Waals surface area contributed by atoms with Gasteiger partial charge in [0, 0.05) is 22.5 Å². The lowest BCUT2D eigenvalue weighted by Gasteiger charge is -2.15. The molecule has 1 heterocycles. The molecular weight excluding hydrogens is 297 g/mol. The summed E-state index contributed by atoms with van der Waals surface area (Å²) >= 11 is 7.69. The molecule has 0 aliphatic heterocycles. The van der Waals surface area contributed by atoms with Gasteiger partial charge in [-0.2, -0.15) is 0 Å². The van der Waals surface area contributed by atoms with Gasteiger partial charge in [0.05, 0.1) is 6.54 Å². The Labute approximate surface area is 126 Å². The van der Waals surface area contributed by atoms with Gasteiger partial charge < -0.3 is 5.32 Å². The van der Waals surface area contributed by atoms with Crippen molar-refractivity contribution in [3.8, 4) is 0 Å². The lowest BCUT2D eigenvalue weighted by Crippen LogP contribution is -2.19. The molecule has 0 amide bonds. The van der Waals surface area contributed by atoms with Crippen molar-refractivity contribution >= 4 is 22.9 Å². The highest BCUT2D eigenvalue weighted by Gasteiger charge is 2.27. The minimum absolute atomic E-state index is 0.169. The smallest absolute Gasteiger partial charge is 0.131 e. The van der Waals surface area contributed by atoms with E-state index in [1.807, 2.05) is 6.92 Å². The second kappa shape index (κ2) is 5.76. The van der Waals surface area contributed by atoms with Crippen molar-refractivity contribution in [3.63, 3.8) is 0 Å². The summed E-state index contributed by atoms with van der Waals surface area (Å²) in [5, 5.41) is 14.1. The zero-order valence-electron chi connectivity index (χ0n) is 11.1. The van der Waals surface area contributed by atoms with E-state index in [0.29, 0.717) is 23.0 Å². The first-order chi connectivity index (χ1) is 9.65. The molecule has 0 bridgehead atoms. The van der Waals surface area contributed by atoms with Crippen LogP contribution in [0.1, 0.15) is 47.3 Å². The molecule has 6 heteroatoms. The fourth-order valence-electron chi connectivity index (χ4n) is 2.10. The topological polar surface area (TPSA) is 37.8 Å². The van der Waals surface area contributed by atoms with Gasteiger partial charge in [-0.05, 0) is 31.9 Å². The van der Waals surface area contributed by atoms with Crippen molar-refractivity contribution < 1.29 is 4.39 Å². The van der Waals surface area contributed by atoms with Gasteiger partial charge in [0.15, 0.2) is 0 Å². The number of halogens is 2. The van der Waals surface area contributed by atoms with E-state index in [2.05, 4.69) is 15.5 Å². The number of benzene rings is 1. The molecule has 1 aromatic carbocycles. The maximum absolute atomic E-state index is 13.8. The summed E-state index contributed by atoms with van der Waals surface area (Å²) < 4.78 is 13.8. The Kier molecular flexibility index (Phi) is 4.01. The van der Waals surface area contributed by atoms with Gasteiger partial charge >= 0.3 is 0 Å². The number of nitrogens with zero attached hydrogens (tertiary/aromatic N) is 2.